The van der Waals surface area contributed by atoms with Crippen LogP contribution in [0.1, 0.15) is 48.8 Å². The van der Waals surface area contributed by atoms with Gasteiger partial charge in [-0.2, -0.15) is 0 Å². The quantitative estimate of drug-likeness (QED) is 0.759. The van der Waals surface area contributed by atoms with Gasteiger partial charge in [-0.3, -0.25) is 0 Å². The Morgan fingerprint density at radius 3 is 2.94 bits per heavy atom. The van der Waals surface area contributed by atoms with Crippen LogP contribution in [-0.2, 0) is 6.42 Å². The molecule has 0 saturated carbocycles. The molecule has 3 rings (SSSR count). The lowest BCUT2D eigenvalue weighted by Crippen LogP contribution is -2.39. The van der Waals surface area contributed by atoms with Gasteiger partial charge in [0.2, 0.25) is 0 Å². The second-order valence-electron chi connectivity index (χ2n) is 5.77. The highest BCUT2D eigenvalue weighted by atomic mass is 14.9. The van der Waals surface area contributed by atoms with Crippen molar-refractivity contribution < 1.29 is 0 Å². The fourth-order valence-electron chi connectivity index (χ4n) is 3.29. The molecule has 2 atom stereocenters. The molecule has 1 fully saturated rings. The standard InChI is InChI=1S/C15H21N/c1-10(2)12-3-4-15-13(7-12)5-11-6-14(15)9-16-8-11/h3-4,7,10-11,14,16H,5-6,8-9H2,1-2H3. The molecule has 1 aliphatic carbocycles. The van der Waals surface area contributed by atoms with E-state index in [9.17, 15) is 0 Å². The molecular formula is C15H21N. The van der Waals surface area contributed by atoms with Gasteiger partial charge in [-0.1, -0.05) is 32.0 Å². The monoisotopic (exact) mass is 215 g/mol. The van der Waals surface area contributed by atoms with Crippen molar-refractivity contribution in [1.29, 1.82) is 0 Å². The predicted molar refractivity (Wildman–Crippen MR) is 68.0 cm³/mol. The molecule has 2 aliphatic rings. The van der Waals surface area contributed by atoms with Crippen LogP contribution < -0.4 is 5.32 Å². The Balaban J connectivity index is 2.00. The van der Waals surface area contributed by atoms with E-state index in [2.05, 4.69) is 37.4 Å². The fraction of sp³-hybridized carbons (Fsp3) is 0.600. The Labute approximate surface area is 98.3 Å². The van der Waals surface area contributed by atoms with Gasteiger partial charge in [-0.15, -0.1) is 0 Å². The average molecular weight is 215 g/mol. The van der Waals surface area contributed by atoms with Gasteiger partial charge in [0, 0.05) is 6.54 Å². The minimum Gasteiger partial charge on any atom is -0.316 e. The van der Waals surface area contributed by atoms with Crippen LogP contribution in [0.2, 0.25) is 0 Å². The van der Waals surface area contributed by atoms with E-state index in [-0.39, 0.29) is 0 Å². The van der Waals surface area contributed by atoms with E-state index >= 15 is 0 Å². The van der Waals surface area contributed by atoms with Crippen LogP contribution >= 0.6 is 0 Å². The molecule has 0 aromatic heterocycles. The zero-order chi connectivity index (χ0) is 11.1. The molecule has 2 unspecified atom stereocenters. The molecule has 1 nitrogen and oxygen atoms in total. The molecule has 1 saturated heterocycles. The van der Waals surface area contributed by atoms with Gasteiger partial charge in [-0.25, -0.2) is 0 Å². The number of piperidine rings is 1. The second-order valence-corrected chi connectivity index (χ2v) is 5.77. The third-order valence-electron chi connectivity index (χ3n) is 4.22. The maximum Gasteiger partial charge on any atom is 0.00204 e. The number of benzene rings is 1. The Bertz CT molecular complexity index is 394. The largest absolute Gasteiger partial charge is 0.316 e. The smallest absolute Gasteiger partial charge is 0.00204 e. The van der Waals surface area contributed by atoms with Crippen molar-refractivity contribution in [1.82, 2.24) is 5.32 Å². The van der Waals surface area contributed by atoms with Crippen LogP contribution in [0.5, 0.6) is 0 Å². The van der Waals surface area contributed by atoms with Gasteiger partial charge >= 0.3 is 0 Å². The van der Waals surface area contributed by atoms with E-state index in [1.807, 2.05) is 0 Å². The fourth-order valence-corrected chi connectivity index (χ4v) is 3.29. The summed E-state index contributed by atoms with van der Waals surface area (Å²) in [6.07, 6.45) is 2.69. The van der Waals surface area contributed by atoms with Gasteiger partial charge in [0.15, 0.2) is 0 Å². The molecule has 1 aliphatic heterocycles. The predicted octanol–water partition coefficient (Wildman–Crippen LogP) is 3.06. The minimum atomic E-state index is 0.658. The van der Waals surface area contributed by atoms with Gasteiger partial charge in [0.1, 0.15) is 0 Å². The van der Waals surface area contributed by atoms with E-state index in [0.29, 0.717) is 5.92 Å². The molecule has 1 aromatic rings. The van der Waals surface area contributed by atoms with Crippen molar-refractivity contribution >= 4 is 0 Å². The first kappa shape index (κ1) is 10.3. The molecule has 1 heterocycles. The van der Waals surface area contributed by atoms with Crippen LogP contribution in [0.25, 0.3) is 0 Å². The highest BCUT2D eigenvalue weighted by Gasteiger charge is 2.30. The van der Waals surface area contributed by atoms with Crippen LogP contribution in [-0.4, -0.2) is 13.1 Å². The zero-order valence-electron chi connectivity index (χ0n) is 10.3. The SMILES string of the molecule is CC(C)c1ccc2c(c1)CC1CNCC2C1. The van der Waals surface area contributed by atoms with Crippen molar-refractivity contribution in [2.75, 3.05) is 13.1 Å². The summed E-state index contributed by atoms with van der Waals surface area (Å²) >= 11 is 0. The molecule has 2 bridgehead atoms. The summed E-state index contributed by atoms with van der Waals surface area (Å²) in [6.45, 7) is 6.98. The molecule has 1 heteroatoms. The van der Waals surface area contributed by atoms with Gasteiger partial charge in [0.25, 0.3) is 0 Å². The maximum atomic E-state index is 3.57. The van der Waals surface area contributed by atoms with Crippen molar-refractivity contribution in [3.63, 3.8) is 0 Å². The third-order valence-corrected chi connectivity index (χ3v) is 4.22. The summed E-state index contributed by atoms with van der Waals surface area (Å²) in [5.41, 5.74) is 4.76. The van der Waals surface area contributed by atoms with E-state index < -0.39 is 0 Å². The highest BCUT2D eigenvalue weighted by Crippen LogP contribution is 2.37. The van der Waals surface area contributed by atoms with Gasteiger partial charge in [0.05, 0.1) is 0 Å². The summed E-state index contributed by atoms with van der Waals surface area (Å²) < 4.78 is 0. The van der Waals surface area contributed by atoms with E-state index in [1.54, 1.807) is 11.1 Å². The van der Waals surface area contributed by atoms with E-state index in [0.717, 1.165) is 11.8 Å². The van der Waals surface area contributed by atoms with Crippen LogP contribution in [0.15, 0.2) is 18.2 Å². The normalized spacial score (nSPS) is 27.9. The molecule has 86 valence electrons. The third kappa shape index (κ3) is 1.67. The summed E-state index contributed by atoms with van der Waals surface area (Å²) in [5, 5.41) is 3.57. The molecule has 0 spiro atoms. The topological polar surface area (TPSA) is 12.0 Å². The van der Waals surface area contributed by atoms with Gasteiger partial charge < -0.3 is 5.32 Å². The molecular weight excluding hydrogens is 194 g/mol. The first-order chi connectivity index (χ1) is 7.74. The summed E-state index contributed by atoms with van der Waals surface area (Å²) in [5.74, 6) is 2.32. The minimum absolute atomic E-state index is 0.658. The summed E-state index contributed by atoms with van der Waals surface area (Å²) in [6, 6.07) is 7.18. The molecule has 0 radical (unpaired) electrons. The summed E-state index contributed by atoms with van der Waals surface area (Å²) in [7, 11) is 0. The Kier molecular flexibility index (Phi) is 2.51. The van der Waals surface area contributed by atoms with Gasteiger partial charge in [-0.05, 0) is 53.8 Å². The number of rotatable bonds is 1. The highest BCUT2D eigenvalue weighted by molar-refractivity contribution is 5.38. The number of hydrogen-bond donors (Lipinski definition) is 1. The number of hydrogen-bond acceptors (Lipinski definition) is 1. The Morgan fingerprint density at radius 1 is 1.25 bits per heavy atom. The zero-order valence-corrected chi connectivity index (χ0v) is 10.3. The maximum absolute atomic E-state index is 3.57. The molecule has 0 amide bonds. The molecule has 1 aromatic carbocycles. The Morgan fingerprint density at radius 2 is 2.12 bits per heavy atom. The molecule has 16 heavy (non-hydrogen) atoms. The number of fused-ring (bicyclic) bond motifs is 4. The van der Waals surface area contributed by atoms with Crippen molar-refractivity contribution in [2.24, 2.45) is 5.92 Å². The van der Waals surface area contributed by atoms with Crippen LogP contribution in [0, 0.1) is 5.92 Å². The van der Waals surface area contributed by atoms with Crippen LogP contribution in [0.4, 0.5) is 0 Å². The molecule has 1 N–H and O–H groups in total. The first-order valence-electron chi connectivity index (χ1n) is 6.57. The van der Waals surface area contributed by atoms with E-state index in [1.165, 1.54) is 31.5 Å². The van der Waals surface area contributed by atoms with Crippen LogP contribution in [0.3, 0.4) is 0 Å². The van der Waals surface area contributed by atoms with Crippen molar-refractivity contribution in [2.45, 2.75) is 38.5 Å². The number of nitrogens with one attached hydrogen (secondary N) is 1. The lowest BCUT2D eigenvalue weighted by molar-refractivity contribution is 0.318. The lowest BCUT2D eigenvalue weighted by atomic mass is 9.74. The average Bonchev–Trinajstić information content (AvgIpc) is 2.28. The Hall–Kier alpha value is -0.820. The first-order valence-corrected chi connectivity index (χ1v) is 6.57. The van der Waals surface area contributed by atoms with E-state index in [4.69, 9.17) is 0 Å². The lowest BCUT2D eigenvalue weighted by Gasteiger charge is -2.37. The second kappa shape index (κ2) is 3.89. The summed E-state index contributed by atoms with van der Waals surface area (Å²) in [4.78, 5) is 0. The van der Waals surface area contributed by atoms with Crippen molar-refractivity contribution in [3.05, 3.63) is 34.9 Å². The van der Waals surface area contributed by atoms with Crippen molar-refractivity contribution in [3.8, 4) is 0 Å².